The Morgan fingerprint density at radius 2 is 1.76 bits per heavy atom. The summed E-state index contributed by atoms with van der Waals surface area (Å²) < 4.78 is 39.8. The third-order valence-corrected chi connectivity index (χ3v) is 8.10. The number of para-hydroxylation sites is 1. The van der Waals surface area contributed by atoms with Crippen molar-refractivity contribution in [1.29, 1.82) is 0 Å². The zero-order chi connectivity index (χ0) is 24.6. The van der Waals surface area contributed by atoms with Gasteiger partial charge >= 0.3 is 5.97 Å². The molecule has 0 amide bonds. The molecule has 10 heteroatoms. The maximum Gasteiger partial charge on any atom is 0.305 e. The highest BCUT2D eigenvalue weighted by Crippen LogP contribution is 2.52. The summed E-state index contributed by atoms with van der Waals surface area (Å²) in [5, 5.41) is 10.3. The summed E-state index contributed by atoms with van der Waals surface area (Å²) in [7, 11) is -1.10. The van der Waals surface area contributed by atoms with E-state index in [9.17, 15) is 18.3 Å². The third kappa shape index (κ3) is 4.41. The van der Waals surface area contributed by atoms with E-state index in [0.717, 1.165) is 0 Å². The summed E-state index contributed by atoms with van der Waals surface area (Å²) in [4.78, 5) is 11.9. The number of rotatable bonds is 7. The fraction of sp³-hybridized carbons (Fsp3) is 0.208. The maximum absolute atomic E-state index is 13.8. The smallest absolute Gasteiger partial charge is 0.305 e. The molecule has 34 heavy (non-hydrogen) atoms. The molecule has 3 aromatic carbocycles. The Morgan fingerprint density at radius 1 is 1.03 bits per heavy atom. The number of hydrogen-bond acceptors (Lipinski definition) is 5. The van der Waals surface area contributed by atoms with E-state index in [1.54, 1.807) is 42.5 Å². The Hall–Kier alpha value is -2.94. The average Bonchev–Trinajstić information content (AvgIpc) is 2.80. The minimum Gasteiger partial charge on any atom is -0.497 e. The van der Waals surface area contributed by atoms with Crippen LogP contribution in [-0.4, -0.2) is 33.7 Å². The molecule has 4 rings (SSSR count). The van der Waals surface area contributed by atoms with Crippen LogP contribution in [0.3, 0.4) is 0 Å². The second kappa shape index (κ2) is 9.37. The second-order valence-electron chi connectivity index (χ2n) is 7.73. The molecule has 0 bridgehead atoms. The molecular weight excluding hydrogens is 501 g/mol. The number of carboxylic acid groups (broad SMARTS) is 1. The van der Waals surface area contributed by atoms with Crippen molar-refractivity contribution in [3.8, 4) is 22.6 Å². The van der Waals surface area contributed by atoms with Crippen molar-refractivity contribution in [1.82, 2.24) is 0 Å². The van der Waals surface area contributed by atoms with Crippen LogP contribution in [0.5, 0.6) is 11.5 Å². The van der Waals surface area contributed by atoms with Crippen LogP contribution in [0.4, 0.5) is 5.69 Å². The Balaban J connectivity index is 1.95. The van der Waals surface area contributed by atoms with Gasteiger partial charge in [0, 0.05) is 17.2 Å². The standard InChI is InChI=1S/C24H21Cl2NO6S/c1-32-15-10-17-21(12-23(28)29)27(34(30,31)13-14-7-8-18(25)19(26)9-14)20-6-4-3-5-16(20)24(17)22(11-15)33-2/h3-11,21H,12-13H2,1-2H3,(H,28,29). The first-order valence-electron chi connectivity index (χ1n) is 10.2. The summed E-state index contributed by atoms with van der Waals surface area (Å²) in [6.07, 6.45) is -0.460. The number of fused-ring (bicyclic) bond motifs is 3. The lowest BCUT2D eigenvalue weighted by Gasteiger charge is -2.39. The monoisotopic (exact) mass is 521 g/mol. The number of carbonyl (C=O) groups is 1. The molecule has 0 fully saturated rings. The number of ether oxygens (including phenoxy) is 2. The van der Waals surface area contributed by atoms with E-state index >= 15 is 0 Å². The van der Waals surface area contributed by atoms with Gasteiger partial charge in [0.25, 0.3) is 0 Å². The number of hydrogen-bond donors (Lipinski definition) is 1. The van der Waals surface area contributed by atoms with Crippen molar-refractivity contribution in [3.63, 3.8) is 0 Å². The number of methoxy groups -OCH3 is 2. The van der Waals surface area contributed by atoms with Gasteiger partial charge in [0.2, 0.25) is 10.0 Å². The van der Waals surface area contributed by atoms with E-state index in [1.165, 1.54) is 30.7 Å². The molecule has 0 aliphatic carbocycles. The second-order valence-corrected chi connectivity index (χ2v) is 10.4. The Kier molecular flexibility index (Phi) is 6.66. The van der Waals surface area contributed by atoms with Crippen molar-refractivity contribution in [2.75, 3.05) is 18.5 Å². The first-order valence-corrected chi connectivity index (χ1v) is 12.6. The molecular formula is C24H21Cl2NO6S. The minimum atomic E-state index is -4.07. The molecule has 1 heterocycles. The molecule has 1 unspecified atom stereocenters. The van der Waals surface area contributed by atoms with Crippen LogP contribution < -0.4 is 13.8 Å². The maximum atomic E-state index is 13.8. The van der Waals surface area contributed by atoms with Gasteiger partial charge in [-0.3, -0.25) is 9.10 Å². The summed E-state index contributed by atoms with van der Waals surface area (Å²) >= 11 is 12.1. The molecule has 178 valence electrons. The van der Waals surface area contributed by atoms with Gasteiger partial charge in [-0.2, -0.15) is 0 Å². The van der Waals surface area contributed by atoms with Gasteiger partial charge in [-0.1, -0.05) is 47.5 Å². The number of sulfonamides is 1. The fourth-order valence-electron chi connectivity index (χ4n) is 4.22. The number of aliphatic carboxylic acids is 1. The summed E-state index contributed by atoms with van der Waals surface area (Å²) in [6.45, 7) is 0. The van der Waals surface area contributed by atoms with Crippen molar-refractivity contribution in [2.45, 2.75) is 18.2 Å². The zero-order valence-corrected chi connectivity index (χ0v) is 20.6. The van der Waals surface area contributed by atoms with Crippen LogP contribution in [0.1, 0.15) is 23.6 Å². The van der Waals surface area contributed by atoms with Crippen LogP contribution >= 0.6 is 23.2 Å². The van der Waals surface area contributed by atoms with Gasteiger partial charge in [0.15, 0.2) is 0 Å². The van der Waals surface area contributed by atoms with Crippen molar-refractivity contribution in [2.24, 2.45) is 0 Å². The molecule has 3 aromatic rings. The lowest BCUT2D eigenvalue weighted by atomic mass is 9.87. The van der Waals surface area contributed by atoms with Crippen LogP contribution in [0.2, 0.25) is 10.0 Å². The van der Waals surface area contributed by atoms with Crippen LogP contribution in [0.25, 0.3) is 11.1 Å². The van der Waals surface area contributed by atoms with E-state index in [2.05, 4.69) is 0 Å². The van der Waals surface area contributed by atoms with Crippen LogP contribution in [0.15, 0.2) is 54.6 Å². The minimum absolute atomic E-state index is 0.232. The van der Waals surface area contributed by atoms with Gasteiger partial charge in [0.05, 0.1) is 48.2 Å². The molecule has 0 spiro atoms. The lowest BCUT2D eigenvalue weighted by Crippen LogP contribution is -2.39. The lowest BCUT2D eigenvalue weighted by molar-refractivity contribution is -0.137. The van der Waals surface area contributed by atoms with Gasteiger partial charge in [0.1, 0.15) is 11.5 Å². The molecule has 1 atom stereocenters. The zero-order valence-electron chi connectivity index (χ0n) is 18.3. The third-order valence-electron chi connectivity index (χ3n) is 5.62. The predicted octanol–water partition coefficient (Wildman–Crippen LogP) is 5.54. The van der Waals surface area contributed by atoms with Crippen molar-refractivity contribution >= 4 is 44.9 Å². The predicted molar refractivity (Wildman–Crippen MR) is 132 cm³/mol. The number of halogens is 2. The largest absolute Gasteiger partial charge is 0.497 e. The molecule has 1 N–H and O–H groups in total. The molecule has 1 aliphatic rings. The number of carboxylic acids is 1. The van der Waals surface area contributed by atoms with E-state index in [1.807, 2.05) is 0 Å². The van der Waals surface area contributed by atoms with E-state index in [0.29, 0.717) is 44.5 Å². The first-order chi connectivity index (χ1) is 16.2. The van der Waals surface area contributed by atoms with E-state index in [4.69, 9.17) is 32.7 Å². The van der Waals surface area contributed by atoms with Crippen LogP contribution in [0, 0.1) is 0 Å². The normalized spacial score (nSPS) is 14.8. The van der Waals surface area contributed by atoms with Crippen LogP contribution in [-0.2, 0) is 20.6 Å². The summed E-state index contributed by atoms with van der Waals surface area (Å²) in [6, 6.07) is 13.8. The number of benzene rings is 3. The highest BCUT2D eigenvalue weighted by molar-refractivity contribution is 7.92. The molecule has 0 aromatic heterocycles. The van der Waals surface area contributed by atoms with E-state index < -0.39 is 34.2 Å². The highest BCUT2D eigenvalue weighted by atomic mass is 35.5. The topological polar surface area (TPSA) is 93.1 Å². The van der Waals surface area contributed by atoms with Gasteiger partial charge in [-0.15, -0.1) is 0 Å². The van der Waals surface area contributed by atoms with Gasteiger partial charge in [-0.25, -0.2) is 8.42 Å². The quantitative estimate of drug-likeness (QED) is 0.438. The molecule has 7 nitrogen and oxygen atoms in total. The number of nitrogens with zero attached hydrogens (tertiary/aromatic N) is 1. The van der Waals surface area contributed by atoms with Crippen molar-refractivity contribution < 1.29 is 27.8 Å². The molecule has 0 saturated carbocycles. The Morgan fingerprint density at radius 3 is 2.41 bits per heavy atom. The van der Waals surface area contributed by atoms with E-state index in [-0.39, 0.29) is 5.02 Å². The Labute approximate surface area is 207 Å². The summed E-state index contributed by atoms with van der Waals surface area (Å²) in [5.74, 6) is -0.664. The SMILES string of the molecule is COc1cc(OC)c2c(c1)C(CC(=O)O)N(S(=O)(=O)Cc1ccc(Cl)c(Cl)c1)c1ccccc1-2. The molecule has 0 saturated heterocycles. The van der Waals surface area contributed by atoms with Gasteiger partial charge in [-0.05, 0) is 35.4 Å². The van der Waals surface area contributed by atoms with Gasteiger partial charge < -0.3 is 14.6 Å². The average molecular weight is 522 g/mol. The highest BCUT2D eigenvalue weighted by Gasteiger charge is 2.41. The fourth-order valence-corrected chi connectivity index (χ4v) is 6.32. The molecule has 1 aliphatic heterocycles. The Bertz CT molecular complexity index is 1380. The first kappa shape index (κ1) is 24.2. The summed E-state index contributed by atoms with van der Waals surface area (Å²) in [5.41, 5.74) is 2.51. The van der Waals surface area contributed by atoms with Crippen molar-refractivity contribution in [3.05, 3.63) is 75.8 Å². The number of anilines is 1. The molecule has 0 radical (unpaired) electrons.